The number of anilines is 1. The van der Waals surface area contributed by atoms with Crippen molar-refractivity contribution < 1.29 is 5.11 Å². The summed E-state index contributed by atoms with van der Waals surface area (Å²) in [6.07, 6.45) is 6.22. The van der Waals surface area contributed by atoms with Crippen molar-refractivity contribution in [1.82, 2.24) is 4.98 Å². The van der Waals surface area contributed by atoms with Crippen LogP contribution in [0.1, 0.15) is 25.7 Å². The Kier molecular flexibility index (Phi) is 4.22. The van der Waals surface area contributed by atoms with E-state index in [9.17, 15) is 0 Å². The number of rotatable bonds is 4. The molecule has 1 atom stereocenters. The van der Waals surface area contributed by atoms with Crippen LogP contribution in [0.4, 0.5) is 5.82 Å². The number of aliphatic hydroxyl groups excluding tert-OH is 1. The molecular formula is C16H19BrN2O. The van der Waals surface area contributed by atoms with Gasteiger partial charge < -0.3 is 10.0 Å². The van der Waals surface area contributed by atoms with Crippen molar-refractivity contribution in [3.05, 3.63) is 34.9 Å². The number of hydrogen-bond acceptors (Lipinski definition) is 3. The van der Waals surface area contributed by atoms with Crippen molar-refractivity contribution in [2.45, 2.75) is 31.7 Å². The minimum Gasteiger partial charge on any atom is -0.396 e. The fraction of sp³-hybridized carbons (Fsp3) is 0.438. The summed E-state index contributed by atoms with van der Waals surface area (Å²) >= 11 is 3.62. The fourth-order valence-electron chi connectivity index (χ4n) is 3.12. The first kappa shape index (κ1) is 13.8. The molecule has 2 heterocycles. The largest absolute Gasteiger partial charge is 0.396 e. The van der Waals surface area contributed by atoms with Gasteiger partial charge in [0.2, 0.25) is 0 Å². The SMILES string of the molecule is OCCCC1CCCN1c1nccc2c(Br)cccc12. The van der Waals surface area contributed by atoms with E-state index in [1.165, 1.54) is 23.6 Å². The number of aliphatic hydroxyl groups is 1. The lowest BCUT2D eigenvalue weighted by Gasteiger charge is -2.27. The molecule has 1 unspecified atom stereocenters. The van der Waals surface area contributed by atoms with Crippen LogP contribution < -0.4 is 4.90 Å². The molecule has 1 aliphatic heterocycles. The average Bonchev–Trinajstić information content (AvgIpc) is 2.93. The Morgan fingerprint density at radius 1 is 1.30 bits per heavy atom. The molecule has 0 saturated carbocycles. The lowest BCUT2D eigenvalue weighted by Crippen LogP contribution is -2.30. The molecule has 20 heavy (non-hydrogen) atoms. The van der Waals surface area contributed by atoms with E-state index in [1.807, 2.05) is 6.20 Å². The number of aromatic nitrogens is 1. The van der Waals surface area contributed by atoms with Crippen molar-refractivity contribution in [2.75, 3.05) is 18.1 Å². The van der Waals surface area contributed by atoms with Gasteiger partial charge in [0.05, 0.1) is 0 Å². The van der Waals surface area contributed by atoms with E-state index >= 15 is 0 Å². The molecule has 0 aliphatic carbocycles. The van der Waals surface area contributed by atoms with E-state index in [0.717, 1.165) is 29.7 Å². The summed E-state index contributed by atoms with van der Waals surface area (Å²) in [7, 11) is 0. The second-order valence-corrected chi connectivity index (χ2v) is 6.18. The zero-order valence-electron chi connectivity index (χ0n) is 11.4. The minimum absolute atomic E-state index is 0.277. The van der Waals surface area contributed by atoms with Crippen LogP contribution in [0, 0.1) is 0 Å². The molecule has 1 aromatic carbocycles. The molecule has 1 N–H and O–H groups in total. The maximum Gasteiger partial charge on any atom is 0.136 e. The van der Waals surface area contributed by atoms with E-state index in [1.54, 1.807) is 0 Å². The van der Waals surface area contributed by atoms with Gasteiger partial charge in [-0.3, -0.25) is 0 Å². The zero-order chi connectivity index (χ0) is 13.9. The minimum atomic E-state index is 0.277. The van der Waals surface area contributed by atoms with Crippen LogP contribution in [-0.4, -0.2) is 29.3 Å². The summed E-state index contributed by atoms with van der Waals surface area (Å²) in [6, 6.07) is 8.85. The van der Waals surface area contributed by atoms with Crippen LogP contribution >= 0.6 is 15.9 Å². The summed E-state index contributed by atoms with van der Waals surface area (Å²) in [4.78, 5) is 7.05. The van der Waals surface area contributed by atoms with Gasteiger partial charge in [0, 0.05) is 40.6 Å². The van der Waals surface area contributed by atoms with Crippen LogP contribution in [0.25, 0.3) is 10.8 Å². The number of pyridine rings is 1. The Balaban J connectivity index is 1.99. The summed E-state index contributed by atoms with van der Waals surface area (Å²) < 4.78 is 1.12. The zero-order valence-corrected chi connectivity index (χ0v) is 13.0. The predicted molar refractivity (Wildman–Crippen MR) is 86.1 cm³/mol. The topological polar surface area (TPSA) is 36.4 Å². The molecule has 3 rings (SSSR count). The third kappa shape index (κ3) is 2.54. The summed E-state index contributed by atoms with van der Waals surface area (Å²) in [5.41, 5.74) is 0. The quantitative estimate of drug-likeness (QED) is 0.925. The summed E-state index contributed by atoms with van der Waals surface area (Å²) in [5.74, 6) is 1.09. The van der Waals surface area contributed by atoms with E-state index in [2.05, 4.69) is 50.1 Å². The Morgan fingerprint density at radius 3 is 3.05 bits per heavy atom. The molecule has 1 aromatic heterocycles. The smallest absolute Gasteiger partial charge is 0.136 e. The lowest BCUT2D eigenvalue weighted by molar-refractivity contribution is 0.279. The van der Waals surface area contributed by atoms with Gasteiger partial charge in [0.1, 0.15) is 5.82 Å². The van der Waals surface area contributed by atoms with E-state index in [0.29, 0.717) is 6.04 Å². The molecule has 106 valence electrons. The number of fused-ring (bicyclic) bond motifs is 1. The molecule has 2 aromatic rings. The first-order valence-corrected chi connectivity index (χ1v) is 8.01. The van der Waals surface area contributed by atoms with Gasteiger partial charge in [0.25, 0.3) is 0 Å². The maximum absolute atomic E-state index is 9.05. The molecule has 0 amide bonds. The van der Waals surface area contributed by atoms with E-state index in [4.69, 9.17) is 5.11 Å². The number of nitrogens with zero attached hydrogens (tertiary/aromatic N) is 2. The molecule has 1 saturated heterocycles. The van der Waals surface area contributed by atoms with Gasteiger partial charge in [-0.2, -0.15) is 0 Å². The molecular weight excluding hydrogens is 316 g/mol. The Hall–Kier alpha value is -1.13. The predicted octanol–water partition coefficient (Wildman–Crippen LogP) is 3.74. The third-order valence-corrected chi connectivity index (χ3v) is 4.77. The van der Waals surface area contributed by atoms with Crippen molar-refractivity contribution >= 4 is 32.5 Å². The number of benzene rings is 1. The highest BCUT2D eigenvalue weighted by molar-refractivity contribution is 9.10. The summed E-state index contributed by atoms with van der Waals surface area (Å²) in [6.45, 7) is 1.34. The first-order valence-electron chi connectivity index (χ1n) is 7.22. The third-order valence-electron chi connectivity index (χ3n) is 4.08. The molecule has 0 bridgehead atoms. The van der Waals surface area contributed by atoms with E-state index < -0.39 is 0 Å². The van der Waals surface area contributed by atoms with Crippen molar-refractivity contribution in [2.24, 2.45) is 0 Å². The fourth-order valence-corrected chi connectivity index (χ4v) is 3.62. The molecule has 0 spiro atoms. The highest BCUT2D eigenvalue weighted by Gasteiger charge is 2.26. The molecule has 1 fully saturated rings. The molecule has 3 nitrogen and oxygen atoms in total. The van der Waals surface area contributed by atoms with Crippen molar-refractivity contribution in [3.8, 4) is 0 Å². The van der Waals surface area contributed by atoms with E-state index in [-0.39, 0.29) is 6.61 Å². The van der Waals surface area contributed by atoms with Gasteiger partial charge >= 0.3 is 0 Å². The van der Waals surface area contributed by atoms with Crippen molar-refractivity contribution in [3.63, 3.8) is 0 Å². The Bertz CT molecular complexity index is 602. The first-order chi connectivity index (χ1) is 9.81. The Labute approximate surface area is 127 Å². The molecule has 0 radical (unpaired) electrons. The maximum atomic E-state index is 9.05. The standard InChI is InChI=1S/C16H19BrN2O/c17-15-7-1-6-14-13(15)8-9-18-16(14)19-10-2-4-12(19)5-3-11-20/h1,6-9,12,20H,2-5,10-11H2. The second kappa shape index (κ2) is 6.10. The van der Waals surface area contributed by atoms with Crippen LogP contribution in [-0.2, 0) is 0 Å². The number of halogens is 1. The van der Waals surface area contributed by atoms with Crippen LogP contribution in [0.2, 0.25) is 0 Å². The van der Waals surface area contributed by atoms with Gasteiger partial charge in [0.15, 0.2) is 0 Å². The molecule has 1 aliphatic rings. The van der Waals surface area contributed by atoms with Crippen LogP contribution in [0.5, 0.6) is 0 Å². The number of hydrogen-bond donors (Lipinski definition) is 1. The Morgan fingerprint density at radius 2 is 2.20 bits per heavy atom. The van der Waals surface area contributed by atoms with Gasteiger partial charge in [-0.15, -0.1) is 0 Å². The van der Waals surface area contributed by atoms with Crippen molar-refractivity contribution in [1.29, 1.82) is 0 Å². The van der Waals surface area contributed by atoms with Gasteiger partial charge in [-0.05, 0) is 37.8 Å². The lowest BCUT2D eigenvalue weighted by atomic mass is 10.1. The average molecular weight is 335 g/mol. The van der Waals surface area contributed by atoms with Gasteiger partial charge in [-0.25, -0.2) is 4.98 Å². The molecule has 4 heteroatoms. The summed E-state index contributed by atoms with van der Waals surface area (Å²) in [5, 5.41) is 11.5. The van der Waals surface area contributed by atoms with Gasteiger partial charge in [-0.1, -0.05) is 28.1 Å². The second-order valence-electron chi connectivity index (χ2n) is 5.32. The normalized spacial score (nSPS) is 18.9. The highest BCUT2D eigenvalue weighted by Crippen LogP contribution is 2.34. The van der Waals surface area contributed by atoms with Crippen LogP contribution in [0.15, 0.2) is 34.9 Å². The highest BCUT2D eigenvalue weighted by atomic mass is 79.9. The monoisotopic (exact) mass is 334 g/mol. The van der Waals surface area contributed by atoms with Crippen LogP contribution in [0.3, 0.4) is 0 Å².